The van der Waals surface area contributed by atoms with Crippen LogP contribution in [-0.2, 0) is 36.7 Å². The first kappa shape index (κ1) is 30.4. The minimum absolute atomic E-state index is 0.0711. The molecule has 0 heterocycles. The van der Waals surface area contributed by atoms with Gasteiger partial charge in [-0.05, 0) is 42.3 Å². The second-order valence-electron chi connectivity index (χ2n) is 9.75. The van der Waals surface area contributed by atoms with Crippen LogP contribution in [0, 0.1) is 0 Å². The van der Waals surface area contributed by atoms with Crippen molar-refractivity contribution in [1.82, 2.24) is 15.7 Å². The Hall–Kier alpha value is -4.52. The molecule has 4 aromatic rings. The number of esters is 1. The molecule has 2 amide bonds. The number of hydrogen-bond donors (Lipinski definition) is 3. The molecule has 0 saturated heterocycles. The van der Waals surface area contributed by atoms with Crippen molar-refractivity contribution in [2.24, 2.45) is 0 Å². The third kappa shape index (κ3) is 8.49. The quantitative estimate of drug-likeness (QED) is 0.164. The van der Waals surface area contributed by atoms with Crippen LogP contribution in [0.4, 0.5) is 0 Å². The zero-order valence-corrected chi connectivity index (χ0v) is 24.2. The number of amides is 2. The molecule has 0 bridgehead atoms. The Kier molecular flexibility index (Phi) is 10.8. The summed E-state index contributed by atoms with van der Waals surface area (Å²) in [5, 5.41) is 9.42. The molecule has 4 rings (SSSR count). The second kappa shape index (κ2) is 14.9. The minimum atomic E-state index is -3.33. The van der Waals surface area contributed by atoms with E-state index < -0.39 is 37.2 Å². The third-order valence-corrected chi connectivity index (χ3v) is 9.23. The summed E-state index contributed by atoms with van der Waals surface area (Å²) in [7, 11) is -3.33. The van der Waals surface area contributed by atoms with Gasteiger partial charge in [0.15, 0.2) is 0 Å². The van der Waals surface area contributed by atoms with Crippen molar-refractivity contribution < 1.29 is 23.7 Å². The topological polar surface area (TPSA) is 114 Å². The van der Waals surface area contributed by atoms with Crippen LogP contribution in [-0.4, -0.2) is 36.4 Å². The summed E-state index contributed by atoms with van der Waals surface area (Å²) in [4.78, 5) is 39.0. The molecule has 0 unspecified atom stereocenters. The molecule has 216 valence electrons. The summed E-state index contributed by atoms with van der Waals surface area (Å²) in [6, 6.07) is 34.4. The van der Waals surface area contributed by atoms with E-state index in [4.69, 9.17) is 4.74 Å². The highest BCUT2D eigenvalue weighted by molar-refractivity contribution is 7.76. The number of rotatable bonds is 13. The van der Waals surface area contributed by atoms with Crippen LogP contribution in [0.2, 0.25) is 0 Å². The molecule has 0 radical (unpaired) electrons. The van der Waals surface area contributed by atoms with Gasteiger partial charge < -0.3 is 15.4 Å². The lowest BCUT2D eigenvalue weighted by Crippen LogP contribution is -2.52. The van der Waals surface area contributed by atoms with E-state index in [1.165, 1.54) is 6.92 Å². The SMILES string of the molecule is C[C@H](NC(=O)CNP(=O)(c1ccccc1)c1ccccc1)C(=O)N[C@H](Cc1ccccc1)C(=O)OCc1ccccc1. The van der Waals surface area contributed by atoms with Crippen molar-refractivity contribution in [3.05, 3.63) is 132 Å². The Morgan fingerprint density at radius 3 is 1.69 bits per heavy atom. The van der Waals surface area contributed by atoms with Crippen LogP contribution in [0.25, 0.3) is 0 Å². The van der Waals surface area contributed by atoms with Gasteiger partial charge in [-0.3, -0.25) is 19.2 Å². The highest BCUT2D eigenvalue weighted by Crippen LogP contribution is 2.38. The van der Waals surface area contributed by atoms with Crippen LogP contribution in [0.15, 0.2) is 121 Å². The van der Waals surface area contributed by atoms with Crippen molar-refractivity contribution in [2.75, 3.05) is 6.54 Å². The van der Waals surface area contributed by atoms with Crippen molar-refractivity contribution >= 4 is 35.7 Å². The molecule has 3 N–H and O–H groups in total. The first-order valence-electron chi connectivity index (χ1n) is 13.7. The van der Waals surface area contributed by atoms with Crippen molar-refractivity contribution in [3.8, 4) is 0 Å². The molecule has 0 fully saturated rings. The molecule has 0 saturated carbocycles. The first-order valence-corrected chi connectivity index (χ1v) is 15.4. The van der Waals surface area contributed by atoms with Gasteiger partial charge in [-0.1, -0.05) is 97.1 Å². The first-order chi connectivity index (χ1) is 20.3. The smallest absolute Gasteiger partial charge is 0.329 e. The van der Waals surface area contributed by atoms with Crippen molar-refractivity contribution in [2.45, 2.75) is 32.0 Å². The molecular formula is C33H34N3O5P. The molecular weight excluding hydrogens is 549 g/mol. The Balaban J connectivity index is 1.38. The number of hydrogen-bond acceptors (Lipinski definition) is 5. The zero-order valence-electron chi connectivity index (χ0n) is 23.3. The fourth-order valence-electron chi connectivity index (χ4n) is 4.32. The van der Waals surface area contributed by atoms with Crippen LogP contribution >= 0.6 is 7.29 Å². The van der Waals surface area contributed by atoms with Crippen LogP contribution in [0.5, 0.6) is 0 Å². The Morgan fingerprint density at radius 1 is 0.690 bits per heavy atom. The standard InChI is InChI=1S/C33H34N3O5P/c1-25(35-31(37)23-34-42(40,28-18-10-4-11-19-28)29-20-12-5-13-21-29)32(38)36-30(22-26-14-6-2-7-15-26)33(39)41-24-27-16-8-3-9-17-27/h2-21,25,30H,22-24H2,1H3,(H,34,40)(H,35,37)(H,36,38)/t25-,30+/m0/s1. The summed E-state index contributed by atoms with van der Waals surface area (Å²) in [5.41, 5.74) is 1.67. The lowest BCUT2D eigenvalue weighted by Gasteiger charge is -2.22. The van der Waals surface area contributed by atoms with Crippen molar-refractivity contribution in [3.63, 3.8) is 0 Å². The minimum Gasteiger partial charge on any atom is -0.459 e. The predicted octanol–water partition coefficient (Wildman–Crippen LogP) is 3.48. The van der Waals surface area contributed by atoms with Gasteiger partial charge in [-0.15, -0.1) is 0 Å². The van der Waals surface area contributed by atoms with Crippen LogP contribution in [0.1, 0.15) is 18.1 Å². The average molecular weight is 584 g/mol. The third-order valence-electron chi connectivity index (χ3n) is 6.58. The van der Waals surface area contributed by atoms with Crippen LogP contribution in [0.3, 0.4) is 0 Å². The van der Waals surface area contributed by atoms with E-state index >= 15 is 0 Å². The fourth-order valence-corrected chi connectivity index (χ4v) is 6.53. The molecule has 0 aromatic heterocycles. The summed E-state index contributed by atoms with van der Waals surface area (Å²) in [6.07, 6.45) is 0.222. The van der Waals surface area contributed by atoms with E-state index in [2.05, 4.69) is 15.7 Å². The Bertz CT molecular complexity index is 1460. The second-order valence-corrected chi connectivity index (χ2v) is 12.3. The van der Waals surface area contributed by atoms with E-state index in [1.807, 2.05) is 72.8 Å². The largest absolute Gasteiger partial charge is 0.459 e. The molecule has 9 heteroatoms. The molecule has 4 aromatic carbocycles. The number of carbonyl (C=O) groups is 3. The predicted molar refractivity (Wildman–Crippen MR) is 164 cm³/mol. The van der Waals surface area contributed by atoms with Gasteiger partial charge >= 0.3 is 5.97 Å². The number of ether oxygens (including phenoxy) is 1. The number of benzene rings is 4. The maximum absolute atomic E-state index is 14.1. The molecule has 0 aliphatic carbocycles. The van der Waals surface area contributed by atoms with Gasteiger partial charge in [0.05, 0.1) is 6.54 Å². The van der Waals surface area contributed by atoms with E-state index in [0.29, 0.717) is 10.6 Å². The maximum atomic E-state index is 14.1. The molecule has 0 aliphatic rings. The molecule has 2 atom stereocenters. The van der Waals surface area contributed by atoms with E-state index in [1.54, 1.807) is 48.5 Å². The number of nitrogens with one attached hydrogen (secondary N) is 3. The Labute approximate surface area is 245 Å². The van der Waals surface area contributed by atoms with Gasteiger partial charge in [0, 0.05) is 17.0 Å². The molecule has 8 nitrogen and oxygen atoms in total. The van der Waals surface area contributed by atoms with E-state index in [-0.39, 0.29) is 19.6 Å². The molecule has 0 spiro atoms. The lowest BCUT2D eigenvalue weighted by atomic mass is 10.1. The summed E-state index contributed by atoms with van der Waals surface area (Å²) in [5.74, 6) is -1.64. The Morgan fingerprint density at radius 2 is 1.17 bits per heavy atom. The highest BCUT2D eigenvalue weighted by atomic mass is 31.2. The van der Waals surface area contributed by atoms with Gasteiger partial charge in [0.2, 0.25) is 19.1 Å². The normalized spacial score (nSPS) is 12.5. The van der Waals surface area contributed by atoms with Gasteiger partial charge in [-0.25, -0.2) is 4.79 Å². The zero-order chi connectivity index (χ0) is 29.8. The highest BCUT2D eigenvalue weighted by Gasteiger charge is 2.29. The van der Waals surface area contributed by atoms with E-state index in [0.717, 1.165) is 11.1 Å². The lowest BCUT2D eigenvalue weighted by molar-refractivity contribution is -0.149. The molecule has 42 heavy (non-hydrogen) atoms. The van der Waals surface area contributed by atoms with Gasteiger partial charge in [0.1, 0.15) is 18.7 Å². The monoisotopic (exact) mass is 583 g/mol. The number of carbonyl (C=O) groups excluding carboxylic acids is 3. The molecule has 0 aliphatic heterocycles. The van der Waals surface area contributed by atoms with Crippen molar-refractivity contribution in [1.29, 1.82) is 0 Å². The summed E-state index contributed by atoms with van der Waals surface area (Å²) < 4.78 is 19.6. The summed E-state index contributed by atoms with van der Waals surface area (Å²) in [6.45, 7) is 1.31. The average Bonchev–Trinajstić information content (AvgIpc) is 3.04. The fraction of sp³-hybridized carbons (Fsp3) is 0.182. The van der Waals surface area contributed by atoms with E-state index in [9.17, 15) is 18.9 Å². The van der Waals surface area contributed by atoms with Crippen LogP contribution < -0.4 is 26.3 Å². The summed E-state index contributed by atoms with van der Waals surface area (Å²) >= 11 is 0. The van der Waals surface area contributed by atoms with Gasteiger partial charge in [0.25, 0.3) is 0 Å². The van der Waals surface area contributed by atoms with Gasteiger partial charge in [-0.2, -0.15) is 0 Å². The maximum Gasteiger partial charge on any atom is 0.329 e.